The molecule has 0 aromatic rings. The second-order valence-electron chi connectivity index (χ2n) is 1.63. The molecule has 0 aromatic heterocycles. The van der Waals surface area contributed by atoms with Crippen molar-refractivity contribution in [2.75, 3.05) is 12.9 Å². The second kappa shape index (κ2) is 4.68. The summed E-state index contributed by atoms with van der Waals surface area (Å²) in [5.41, 5.74) is 0. The van der Waals surface area contributed by atoms with Gasteiger partial charge in [0.15, 0.2) is 0 Å². The topological polar surface area (TPSA) is 26.3 Å². The number of esters is 1. The van der Waals surface area contributed by atoms with Crippen molar-refractivity contribution in [1.82, 2.24) is 0 Å². The van der Waals surface area contributed by atoms with Gasteiger partial charge >= 0.3 is 5.97 Å². The van der Waals surface area contributed by atoms with Crippen LogP contribution in [0.2, 0.25) is 0 Å². The van der Waals surface area contributed by atoms with Crippen LogP contribution in [-0.4, -0.2) is 24.1 Å². The number of carbonyl (C=O) groups is 1. The molecule has 0 spiro atoms. The van der Waals surface area contributed by atoms with Crippen molar-refractivity contribution in [3.63, 3.8) is 0 Å². The molecule has 0 saturated carbocycles. The van der Waals surface area contributed by atoms with Gasteiger partial charge in [0, 0.05) is 0 Å². The molecule has 0 aliphatic carbocycles. The fraction of sp³-hybridized carbons (Fsp3) is 0.833. The third kappa shape index (κ3) is 3.40. The highest BCUT2D eigenvalue weighted by atomic mass is 32.2. The van der Waals surface area contributed by atoms with Crippen molar-refractivity contribution in [2.45, 2.75) is 19.1 Å². The summed E-state index contributed by atoms with van der Waals surface area (Å²) in [5, 5.41) is -0.0232. The van der Waals surface area contributed by atoms with Crippen molar-refractivity contribution in [3.8, 4) is 0 Å². The van der Waals surface area contributed by atoms with Gasteiger partial charge in [0.1, 0.15) is 0 Å². The predicted octanol–water partition coefficient (Wildman–Crippen LogP) is 1.30. The van der Waals surface area contributed by atoms with Crippen LogP contribution in [0.15, 0.2) is 0 Å². The molecule has 0 aliphatic heterocycles. The first-order valence-electron chi connectivity index (χ1n) is 2.91. The average Bonchev–Trinajstić information content (AvgIpc) is 1.87. The first-order chi connectivity index (χ1) is 4.22. The zero-order valence-corrected chi connectivity index (χ0v) is 6.83. The summed E-state index contributed by atoms with van der Waals surface area (Å²) in [4.78, 5) is 10.7. The molecule has 0 unspecified atom stereocenters. The number of rotatable bonds is 3. The first kappa shape index (κ1) is 8.82. The minimum absolute atomic E-state index is 0.0232. The van der Waals surface area contributed by atoms with Gasteiger partial charge in [-0.15, -0.1) is 0 Å². The summed E-state index contributed by atoms with van der Waals surface area (Å²) in [6, 6.07) is 0. The molecular weight excluding hydrogens is 136 g/mol. The van der Waals surface area contributed by atoms with Gasteiger partial charge in [-0.05, 0) is 20.1 Å². The molecule has 1 atom stereocenters. The molecule has 2 nitrogen and oxygen atoms in total. The minimum Gasteiger partial charge on any atom is -0.465 e. The van der Waals surface area contributed by atoms with Crippen LogP contribution in [0.3, 0.4) is 0 Å². The predicted molar refractivity (Wildman–Crippen MR) is 39.6 cm³/mol. The molecule has 0 bridgehead atoms. The summed E-state index contributed by atoms with van der Waals surface area (Å²) in [7, 11) is 0. The maximum absolute atomic E-state index is 10.7. The summed E-state index contributed by atoms with van der Waals surface area (Å²) >= 11 is 1.50. The highest BCUT2D eigenvalue weighted by Gasteiger charge is 2.10. The van der Waals surface area contributed by atoms with E-state index in [0.29, 0.717) is 6.61 Å². The van der Waals surface area contributed by atoms with E-state index in [0.717, 1.165) is 0 Å². The highest BCUT2D eigenvalue weighted by molar-refractivity contribution is 7.99. The summed E-state index contributed by atoms with van der Waals surface area (Å²) in [6.07, 6.45) is 1.89. The molecule has 3 heteroatoms. The summed E-state index contributed by atoms with van der Waals surface area (Å²) in [5.74, 6) is -0.120. The van der Waals surface area contributed by atoms with Crippen LogP contribution in [0.4, 0.5) is 0 Å². The van der Waals surface area contributed by atoms with Crippen LogP contribution >= 0.6 is 11.8 Å². The number of thioether (sulfide) groups is 1. The van der Waals surface area contributed by atoms with Gasteiger partial charge < -0.3 is 4.74 Å². The molecule has 0 aromatic carbocycles. The van der Waals surface area contributed by atoms with Crippen LogP contribution in [0.1, 0.15) is 13.8 Å². The van der Waals surface area contributed by atoms with E-state index in [1.165, 1.54) is 11.8 Å². The van der Waals surface area contributed by atoms with E-state index in [4.69, 9.17) is 4.74 Å². The van der Waals surface area contributed by atoms with E-state index < -0.39 is 0 Å². The molecule has 0 amide bonds. The van der Waals surface area contributed by atoms with E-state index in [-0.39, 0.29) is 11.2 Å². The lowest BCUT2D eigenvalue weighted by Crippen LogP contribution is -2.15. The molecule has 9 heavy (non-hydrogen) atoms. The van der Waals surface area contributed by atoms with Crippen LogP contribution in [0.25, 0.3) is 0 Å². The minimum atomic E-state index is -0.120. The molecule has 0 N–H and O–H groups in total. The zero-order valence-electron chi connectivity index (χ0n) is 6.01. The normalized spacial score (nSPS) is 12.8. The Hall–Kier alpha value is -0.180. The third-order valence-corrected chi connectivity index (χ3v) is 1.87. The molecule has 0 radical (unpaired) electrons. The van der Waals surface area contributed by atoms with Crippen molar-refractivity contribution in [2.24, 2.45) is 0 Å². The van der Waals surface area contributed by atoms with Crippen LogP contribution in [0.5, 0.6) is 0 Å². The number of ether oxygens (including phenoxy) is 1. The second-order valence-corrected chi connectivity index (χ2v) is 2.81. The number of carbonyl (C=O) groups excluding carboxylic acids is 1. The zero-order chi connectivity index (χ0) is 7.28. The molecule has 0 fully saturated rings. The Morgan fingerprint density at radius 3 is 2.67 bits per heavy atom. The van der Waals surface area contributed by atoms with Gasteiger partial charge in [-0.25, -0.2) is 0 Å². The Morgan fingerprint density at radius 1 is 1.78 bits per heavy atom. The van der Waals surface area contributed by atoms with Crippen molar-refractivity contribution in [1.29, 1.82) is 0 Å². The van der Waals surface area contributed by atoms with E-state index in [9.17, 15) is 4.79 Å². The SMILES string of the molecule is CCOC(=O)[C@@H](C)SC. The smallest absolute Gasteiger partial charge is 0.318 e. The van der Waals surface area contributed by atoms with Crippen LogP contribution < -0.4 is 0 Å². The number of hydrogen-bond donors (Lipinski definition) is 0. The quantitative estimate of drug-likeness (QED) is 0.564. The van der Waals surface area contributed by atoms with E-state index >= 15 is 0 Å². The average molecular weight is 148 g/mol. The maximum Gasteiger partial charge on any atom is 0.318 e. The summed E-state index contributed by atoms with van der Waals surface area (Å²) < 4.78 is 4.73. The van der Waals surface area contributed by atoms with Gasteiger partial charge in [0.2, 0.25) is 0 Å². The van der Waals surface area contributed by atoms with Crippen molar-refractivity contribution >= 4 is 17.7 Å². The van der Waals surface area contributed by atoms with Gasteiger partial charge in [0.25, 0.3) is 0 Å². The number of hydrogen-bond acceptors (Lipinski definition) is 3. The fourth-order valence-electron chi connectivity index (χ4n) is 0.356. The van der Waals surface area contributed by atoms with E-state index in [1.54, 1.807) is 0 Å². The first-order valence-corrected chi connectivity index (χ1v) is 4.20. The van der Waals surface area contributed by atoms with Gasteiger partial charge in [0.05, 0.1) is 11.9 Å². The molecular formula is C6H12O2S. The third-order valence-electron chi connectivity index (χ3n) is 0.972. The summed E-state index contributed by atoms with van der Waals surface area (Å²) in [6.45, 7) is 4.12. The molecule has 0 aliphatic rings. The lowest BCUT2D eigenvalue weighted by atomic mass is 10.5. The Bertz CT molecular complexity index is 93.1. The largest absolute Gasteiger partial charge is 0.465 e. The Morgan fingerprint density at radius 2 is 2.33 bits per heavy atom. The molecule has 0 heterocycles. The molecule has 0 saturated heterocycles. The molecule has 54 valence electrons. The van der Waals surface area contributed by atoms with Crippen molar-refractivity contribution in [3.05, 3.63) is 0 Å². The Balaban J connectivity index is 3.46. The van der Waals surface area contributed by atoms with Gasteiger partial charge in [-0.2, -0.15) is 11.8 Å². The van der Waals surface area contributed by atoms with Crippen LogP contribution in [0, 0.1) is 0 Å². The van der Waals surface area contributed by atoms with Crippen molar-refractivity contribution < 1.29 is 9.53 Å². The maximum atomic E-state index is 10.7. The van der Waals surface area contributed by atoms with E-state index in [1.807, 2.05) is 20.1 Å². The highest BCUT2D eigenvalue weighted by Crippen LogP contribution is 2.05. The van der Waals surface area contributed by atoms with Crippen LogP contribution in [-0.2, 0) is 9.53 Å². The van der Waals surface area contributed by atoms with Gasteiger partial charge in [-0.1, -0.05) is 0 Å². The molecule has 0 rings (SSSR count). The van der Waals surface area contributed by atoms with E-state index in [2.05, 4.69) is 0 Å². The monoisotopic (exact) mass is 148 g/mol. The Labute approximate surface area is 60.0 Å². The van der Waals surface area contributed by atoms with Gasteiger partial charge in [-0.3, -0.25) is 4.79 Å². The standard InChI is InChI=1S/C6H12O2S/c1-4-8-6(7)5(2)9-3/h5H,4H2,1-3H3/t5-/m1/s1. The lowest BCUT2D eigenvalue weighted by molar-refractivity contribution is -0.142. The Kier molecular flexibility index (Phi) is 4.58. The fourth-order valence-corrected chi connectivity index (χ4v) is 0.616. The lowest BCUT2D eigenvalue weighted by Gasteiger charge is -2.05.